The second-order valence-electron chi connectivity index (χ2n) is 5.44. The molecule has 1 heterocycles. The number of hydrogen-bond acceptors (Lipinski definition) is 5. The lowest BCUT2D eigenvalue weighted by Gasteiger charge is -2.08. The van der Waals surface area contributed by atoms with E-state index in [9.17, 15) is 4.79 Å². The molecular weight excluding hydrogens is 372 g/mol. The highest BCUT2D eigenvalue weighted by Gasteiger charge is 2.30. The van der Waals surface area contributed by atoms with E-state index in [1.807, 2.05) is 30.3 Å². The number of ether oxygens (including phenoxy) is 2. The van der Waals surface area contributed by atoms with Gasteiger partial charge in [0, 0.05) is 7.05 Å². The normalized spacial score (nSPS) is 17.2. The van der Waals surface area contributed by atoms with E-state index >= 15 is 0 Å². The van der Waals surface area contributed by atoms with Crippen LogP contribution in [0.15, 0.2) is 52.4 Å². The summed E-state index contributed by atoms with van der Waals surface area (Å²) in [6, 6.07) is 12.8. The van der Waals surface area contributed by atoms with Crippen LogP contribution >= 0.6 is 23.4 Å². The Hall–Kier alpha value is -2.44. The topological polar surface area (TPSA) is 51.1 Å². The minimum atomic E-state index is -0.115. The summed E-state index contributed by atoms with van der Waals surface area (Å²) >= 11 is 7.46. The monoisotopic (exact) mass is 388 g/mol. The van der Waals surface area contributed by atoms with E-state index in [1.165, 1.54) is 16.7 Å². The van der Waals surface area contributed by atoms with Gasteiger partial charge in [0.05, 0.1) is 29.8 Å². The lowest BCUT2D eigenvalue weighted by Crippen LogP contribution is -2.23. The van der Waals surface area contributed by atoms with Crippen LogP contribution in [0.5, 0.6) is 11.5 Å². The Bertz CT molecular complexity index is 911. The van der Waals surface area contributed by atoms with Crippen LogP contribution in [0.3, 0.4) is 0 Å². The average Bonchev–Trinajstić information content (AvgIpc) is 2.91. The number of rotatable bonds is 4. The summed E-state index contributed by atoms with van der Waals surface area (Å²) in [7, 11) is 4.85. The van der Waals surface area contributed by atoms with Crippen LogP contribution in [0.25, 0.3) is 6.08 Å². The Morgan fingerprint density at radius 3 is 2.54 bits per heavy atom. The van der Waals surface area contributed by atoms with Crippen LogP contribution in [-0.2, 0) is 4.79 Å². The molecule has 1 aliphatic rings. The molecule has 2 aromatic rings. The number of carbonyl (C=O) groups excluding carboxylic acids is 1. The van der Waals surface area contributed by atoms with Crippen LogP contribution < -0.4 is 9.47 Å². The molecule has 0 saturated carbocycles. The van der Waals surface area contributed by atoms with E-state index < -0.39 is 0 Å². The highest BCUT2D eigenvalue weighted by Crippen LogP contribution is 2.36. The molecule has 0 N–H and O–H groups in total. The molecule has 0 aliphatic carbocycles. The van der Waals surface area contributed by atoms with Crippen LogP contribution in [0.4, 0.5) is 5.69 Å². The summed E-state index contributed by atoms with van der Waals surface area (Å²) < 4.78 is 10.5. The summed E-state index contributed by atoms with van der Waals surface area (Å²) in [6.45, 7) is 0. The Morgan fingerprint density at radius 2 is 1.85 bits per heavy atom. The fourth-order valence-corrected chi connectivity index (χ4v) is 3.55. The SMILES string of the molecule is COc1ccc(/C=C2/SC(=Nc3ccccc3Cl)N(C)C2=O)cc1OC. The Morgan fingerprint density at radius 1 is 1.12 bits per heavy atom. The quantitative estimate of drug-likeness (QED) is 0.719. The van der Waals surface area contributed by atoms with Gasteiger partial charge in [-0.05, 0) is 47.7 Å². The van der Waals surface area contributed by atoms with E-state index in [0.717, 1.165) is 5.56 Å². The highest BCUT2D eigenvalue weighted by molar-refractivity contribution is 8.18. The maximum absolute atomic E-state index is 12.5. The molecule has 2 aromatic carbocycles. The molecule has 0 aromatic heterocycles. The Kier molecular flexibility index (Phi) is 5.54. The Labute approximate surface area is 161 Å². The molecule has 1 saturated heterocycles. The molecule has 3 rings (SSSR count). The lowest BCUT2D eigenvalue weighted by atomic mass is 10.2. The fourth-order valence-electron chi connectivity index (χ4n) is 2.39. The first-order chi connectivity index (χ1) is 12.5. The minimum Gasteiger partial charge on any atom is -0.493 e. The molecule has 1 fully saturated rings. The number of methoxy groups -OCH3 is 2. The number of likely N-dealkylation sites (N-methyl/N-ethyl adjacent to an activating group) is 1. The highest BCUT2D eigenvalue weighted by atomic mass is 35.5. The maximum Gasteiger partial charge on any atom is 0.266 e. The van der Waals surface area contributed by atoms with E-state index in [1.54, 1.807) is 39.5 Å². The first-order valence-corrected chi connectivity index (χ1v) is 8.95. The van der Waals surface area contributed by atoms with Gasteiger partial charge in [0.25, 0.3) is 5.91 Å². The number of hydrogen-bond donors (Lipinski definition) is 0. The zero-order valence-corrected chi connectivity index (χ0v) is 16.1. The molecule has 1 aliphatic heterocycles. The zero-order valence-electron chi connectivity index (χ0n) is 14.5. The van der Waals surface area contributed by atoms with Crippen LogP contribution in [0.1, 0.15) is 5.56 Å². The van der Waals surface area contributed by atoms with Crippen molar-refractivity contribution in [2.75, 3.05) is 21.3 Å². The maximum atomic E-state index is 12.5. The summed E-state index contributed by atoms with van der Waals surface area (Å²) in [5, 5.41) is 1.12. The molecule has 134 valence electrons. The van der Waals surface area contributed by atoms with Crippen LogP contribution in [-0.4, -0.2) is 37.2 Å². The van der Waals surface area contributed by atoms with Gasteiger partial charge < -0.3 is 9.47 Å². The van der Waals surface area contributed by atoms with Crippen molar-refractivity contribution in [2.45, 2.75) is 0 Å². The second kappa shape index (κ2) is 7.85. The zero-order chi connectivity index (χ0) is 18.7. The average molecular weight is 389 g/mol. The third kappa shape index (κ3) is 3.71. The number of thioether (sulfide) groups is 1. The summed E-state index contributed by atoms with van der Waals surface area (Å²) in [4.78, 5) is 19.1. The van der Waals surface area contributed by atoms with Gasteiger partial charge in [-0.15, -0.1) is 0 Å². The number of carbonyl (C=O) groups is 1. The van der Waals surface area contributed by atoms with Crippen molar-refractivity contribution in [1.82, 2.24) is 4.90 Å². The number of para-hydroxylation sites is 1. The number of aliphatic imine (C=N–C) groups is 1. The van der Waals surface area contributed by atoms with Crippen molar-refractivity contribution < 1.29 is 14.3 Å². The predicted molar refractivity (Wildman–Crippen MR) is 106 cm³/mol. The van der Waals surface area contributed by atoms with Crippen molar-refractivity contribution in [3.8, 4) is 11.5 Å². The van der Waals surface area contributed by atoms with Gasteiger partial charge in [-0.25, -0.2) is 4.99 Å². The summed E-state index contributed by atoms with van der Waals surface area (Å²) in [5.41, 5.74) is 1.47. The van der Waals surface area contributed by atoms with Gasteiger partial charge in [-0.2, -0.15) is 0 Å². The fraction of sp³-hybridized carbons (Fsp3) is 0.158. The smallest absolute Gasteiger partial charge is 0.266 e. The van der Waals surface area contributed by atoms with Gasteiger partial charge in [-0.1, -0.05) is 29.8 Å². The van der Waals surface area contributed by atoms with E-state index in [-0.39, 0.29) is 5.91 Å². The third-order valence-corrected chi connectivity index (χ3v) is 5.16. The molecule has 5 nitrogen and oxygen atoms in total. The number of benzene rings is 2. The molecule has 0 atom stereocenters. The second-order valence-corrected chi connectivity index (χ2v) is 6.85. The van der Waals surface area contributed by atoms with Gasteiger partial charge in [-0.3, -0.25) is 9.69 Å². The van der Waals surface area contributed by atoms with Crippen molar-refractivity contribution in [2.24, 2.45) is 4.99 Å². The molecule has 0 bridgehead atoms. The molecule has 0 spiro atoms. The molecular formula is C19H17ClN2O3S. The summed E-state index contributed by atoms with van der Waals surface area (Å²) in [5.74, 6) is 1.13. The van der Waals surface area contributed by atoms with Gasteiger partial charge >= 0.3 is 0 Å². The van der Waals surface area contributed by atoms with Crippen LogP contribution in [0, 0.1) is 0 Å². The van der Waals surface area contributed by atoms with E-state index in [4.69, 9.17) is 21.1 Å². The van der Waals surface area contributed by atoms with Gasteiger partial charge in [0.2, 0.25) is 0 Å². The van der Waals surface area contributed by atoms with E-state index in [0.29, 0.717) is 32.3 Å². The van der Waals surface area contributed by atoms with Gasteiger partial charge in [0.1, 0.15) is 0 Å². The van der Waals surface area contributed by atoms with Crippen LogP contribution in [0.2, 0.25) is 5.02 Å². The lowest BCUT2D eigenvalue weighted by molar-refractivity contribution is -0.121. The molecule has 7 heteroatoms. The standard InChI is InChI=1S/C19H17ClN2O3S/c1-22-18(23)17(11-12-8-9-15(24-2)16(10-12)25-3)26-19(22)21-14-7-5-4-6-13(14)20/h4-11H,1-3H3/b17-11+,21-19?. The Balaban J connectivity index is 1.92. The number of amides is 1. The molecule has 0 unspecified atom stereocenters. The largest absolute Gasteiger partial charge is 0.493 e. The molecule has 26 heavy (non-hydrogen) atoms. The first kappa shape index (κ1) is 18.4. The van der Waals surface area contributed by atoms with E-state index in [2.05, 4.69) is 4.99 Å². The number of amidine groups is 1. The molecule has 1 amide bonds. The van der Waals surface area contributed by atoms with Crippen molar-refractivity contribution in [1.29, 1.82) is 0 Å². The number of nitrogens with zero attached hydrogens (tertiary/aromatic N) is 2. The van der Waals surface area contributed by atoms with Crippen molar-refractivity contribution in [3.05, 3.63) is 58.0 Å². The number of halogens is 1. The van der Waals surface area contributed by atoms with Gasteiger partial charge in [0.15, 0.2) is 16.7 Å². The summed E-state index contributed by atoms with van der Waals surface area (Å²) in [6.07, 6.45) is 1.81. The first-order valence-electron chi connectivity index (χ1n) is 7.76. The van der Waals surface area contributed by atoms with Crippen molar-refractivity contribution >= 4 is 46.2 Å². The minimum absolute atomic E-state index is 0.115. The van der Waals surface area contributed by atoms with Crippen molar-refractivity contribution in [3.63, 3.8) is 0 Å². The predicted octanol–water partition coefficient (Wildman–Crippen LogP) is 4.59. The third-order valence-electron chi connectivity index (χ3n) is 3.78. The molecule has 0 radical (unpaired) electrons.